The molecule has 0 saturated heterocycles. The first-order valence-corrected chi connectivity index (χ1v) is 6.03. The molecule has 0 unspecified atom stereocenters. The van der Waals surface area contributed by atoms with Gasteiger partial charge in [-0.1, -0.05) is 28.1 Å². The molecule has 18 heavy (non-hydrogen) atoms. The third kappa shape index (κ3) is 4.29. The zero-order valence-corrected chi connectivity index (χ0v) is 11.6. The van der Waals surface area contributed by atoms with Gasteiger partial charge in [0.15, 0.2) is 6.17 Å². The van der Waals surface area contributed by atoms with E-state index in [4.69, 9.17) is 0 Å². The summed E-state index contributed by atoms with van der Waals surface area (Å²) in [5, 5.41) is 4.78. The van der Waals surface area contributed by atoms with Gasteiger partial charge in [0.1, 0.15) is 0 Å². The van der Waals surface area contributed by atoms with E-state index in [0.29, 0.717) is 5.56 Å². The molecule has 6 heteroatoms. The molecule has 96 valence electrons. The van der Waals surface area contributed by atoms with Gasteiger partial charge in [-0.05, 0) is 12.1 Å². The summed E-state index contributed by atoms with van der Waals surface area (Å²) in [6.07, 6.45) is -1.04. The van der Waals surface area contributed by atoms with Gasteiger partial charge in [-0.3, -0.25) is 14.4 Å². The molecular weight excluding hydrogens is 300 g/mol. The molecule has 0 heterocycles. The number of carbonyl (C=O) groups is 3. The SMILES string of the molecule is CC(=O)NC(NC(C)=O)C(=O)c1ccc(Br)cc1. The Morgan fingerprint density at radius 1 is 1.00 bits per heavy atom. The van der Waals surface area contributed by atoms with Crippen LogP contribution in [0.1, 0.15) is 24.2 Å². The molecular formula is C12H13BrN2O3. The van der Waals surface area contributed by atoms with E-state index in [-0.39, 0.29) is 17.6 Å². The molecule has 0 radical (unpaired) electrons. The first-order valence-electron chi connectivity index (χ1n) is 5.24. The fourth-order valence-corrected chi connectivity index (χ4v) is 1.62. The van der Waals surface area contributed by atoms with E-state index in [9.17, 15) is 14.4 Å². The second-order valence-electron chi connectivity index (χ2n) is 3.71. The summed E-state index contributed by atoms with van der Waals surface area (Å²) >= 11 is 3.26. The van der Waals surface area contributed by atoms with Gasteiger partial charge in [-0.25, -0.2) is 0 Å². The maximum atomic E-state index is 12.1. The summed E-state index contributed by atoms with van der Waals surface area (Å²) in [5.74, 6) is -1.15. The first kappa shape index (κ1) is 14.4. The van der Waals surface area contributed by atoms with Crippen molar-refractivity contribution < 1.29 is 14.4 Å². The molecule has 0 aliphatic rings. The monoisotopic (exact) mass is 312 g/mol. The molecule has 0 aliphatic heterocycles. The Hall–Kier alpha value is -1.69. The molecule has 0 aromatic heterocycles. The van der Waals surface area contributed by atoms with E-state index >= 15 is 0 Å². The second kappa shape index (κ2) is 6.30. The lowest BCUT2D eigenvalue weighted by Gasteiger charge is -2.17. The maximum Gasteiger partial charge on any atom is 0.218 e. The number of ketones is 1. The van der Waals surface area contributed by atoms with Gasteiger partial charge in [0.05, 0.1) is 0 Å². The number of amides is 2. The number of rotatable bonds is 4. The Balaban J connectivity index is 2.90. The molecule has 1 rings (SSSR count). The van der Waals surface area contributed by atoms with E-state index in [1.807, 2.05) is 0 Å². The third-order valence-electron chi connectivity index (χ3n) is 2.09. The van der Waals surface area contributed by atoms with E-state index in [1.54, 1.807) is 24.3 Å². The van der Waals surface area contributed by atoms with Crippen LogP contribution in [0.15, 0.2) is 28.7 Å². The Morgan fingerprint density at radius 2 is 1.44 bits per heavy atom. The van der Waals surface area contributed by atoms with Crippen molar-refractivity contribution in [2.45, 2.75) is 20.0 Å². The highest BCUT2D eigenvalue weighted by Crippen LogP contribution is 2.11. The lowest BCUT2D eigenvalue weighted by Crippen LogP contribution is -2.51. The molecule has 2 amide bonds. The van der Waals surface area contributed by atoms with Gasteiger partial charge in [0.2, 0.25) is 17.6 Å². The average molecular weight is 313 g/mol. The molecule has 1 aromatic rings. The van der Waals surface area contributed by atoms with Gasteiger partial charge in [-0.2, -0.15) is 0 Å². The quantitative estimate of drug-likeness (QED) is 0.648. The third-order valence-corrected chi connectivity index (χ3v) is 2.61. The van der Waals surface area contributed by atoms with Crippen LogP contribution >= 0.6 is 15.9 Å². The van der Waals surface area contributed by atoms with Crippen molar-refractivity contribution in [2.75, 3.05) is 0 Å². The van der Waals surface area contributed by atoms with Crippen molar-refractivity contribution in [3.8, 4) is 0 Å². The Morgan fingerprint density at radius 3 is 1.83 bits per heavy atom. The molecule has 0 atom stereocenters. The molecule has 0 bridgehead atoms. The van der Waals surface area contributed by atoms with Crippen LogP contribution in [0.4, 0.5) is 0 Å². The minimum absolute atomic E-state index is 0.368. The summed E-state index contributed by atoms with van der Waals surface area (Å²) in [7, 11) is 0. The largest absolute Gasteiger partial charge is 0.330 e. The lowest BCUT2D eigenvalue weighted by atomic mass is 10.1. The van der Waals surface area contributed by atoms with E-state index in [1.165, 1.54) is 13.8 Å². The van der Waals surface area contributed by atoms with Crippen molar-refractivity contribution in [3.05, 3.63) is 34.3 Å². The topological polar surface area (TPSA) is 75.3 Å². The van der Waals surface area contributed by atoms with Crippen molar-refractivity contribution in [3.63, 3.8) is 0 Å². The molecule has 5 nitrogen and oxygen atoms in total. The Kier molecular flexibility index (Phi) is 5.03. The second-order valence-corrected chi connectivity index (χ2v) is 4.62. The molecule has 2 N–H and O–H groups in total. The van der Waals surface area contributed by atoms with Crippen molar-refractivity contribution in [2.24, 2.45) is 0 Å². The number of carbonyl (C=O) groups excluding carboxylic acids is 3. The van der Waals surface area contributed by atoms with Crippen LogP contribution in [0.3, 0.4) is 0 Å². The predicted octanol–water partition coefficient (Wildman–Crippen LogP) is 1.23. The number of halogens is 1. The van der Waals surface area contributed by atoms with E-state index < -0.39 is 6.17 Å². The standard InChI is InChI=1S/C12H13BrN2O3/c1-7(16)14-12(15-8(2)17)11(18)9-3-5-10(13)6-4-9/h3-6,12H,1-2H3,(H,14,16)(H,15,17). The lowest BCUT2D eigenvalue weighted by molar-refractivity contribution is -0.121. The normalized spacial score (nSPS) is 10.0. The molecule has 1 aromatic carbocycles. The van der Waals surface area contributed by atoms with Crippen LogP contribution < -0.4 is 10.6 Å². The first-order chi connectivity index (χ1) is 8.40. The van der Waals surface area contributed by atoms with Crippen molar-refractivity contribution in [1.29, 1.82) is 0 Å². The van der Waals surface area contributed by atoms with Crippen LogP contribution in [0.2, 0.25) is 0 Å². The Labute approximate surface area is 113 Å². The highest BCUT2D eigenvalue weighted by molar-refractivity contribution is 9.10. The van der Waals surface area contributed by atoms with Crippen LogP contribution in [-0.4, -0.2) is 23.8 Å². The summed E-state index contributed by atoms with van der Waals surface area (Å²) in [4.78, 5) is 34.1. The highest BCUT2D eigenvalue weighted by Gasteiger charge is 2.21. The van der Waals surface area contributed by atoms with Crippen LogP contribution in [-0.2, 0) is 9.59 Å². The number of hydrogen-bond acceptors (Lipinski definition) is 3. The maximum absolute atomic E-state index is 12.1. The summed E-state index contributed by atoms with van der Waals surface area (Å²) < 4.78 is 0.842. The summed E-state index contributed by atoms with van der Waals surface area (Å²) in [6, 6.07) is 6.66. The summed E-state index contributed by atoms with van der Waals surface area (Å²) in [5.41, 5.74) is 0.408. The van der Waals surface area contributed by atoms with Gasteiger partial charge >= 0.3 is 0 Å². The van der Waals surface area contributed by atoms with Gasteiger partial charge in [0, 0.05) is 23.9 Å². The smallest absolute Gasteiger partial charge is 0.218 e. The Bertz CT molecular complexity index is 455. The molecule has 0 saturated carbocycles. The molecule has 0 aliphatic carbocycles. The van der Waals surface area contributed by atoms with Crippen LogP contribution in [0, 0.1) is 0 Å². The van der Waals surface area contributed by atoms with Gasteiger partial charge < -0.3 is 10.6 Å². The number of nitrogens with one attached hydrogen (secondary N) is 2. The van der Waals surface area contributed by atoms with Crippen LogP contribution in [0.5, 0.6) is 0 Å². The van der Waals surface area contributed by atoms with E-state index in [2.05, 4.69) is 26.6 Å². The molecule has 0 fully saturated rings. The average Bonchev–Trinajstić information content (AvgIpc) is 2.27. The zero-order valence-electron chi connectivity index (χ0n) is 9.99. The minimum Gasteiger partial charge on any atom is -0.330 e. The number of Topliss-reactive ketones (excluding diaryl/α,β-unsaturated/α-hetero) is 1. The highest BCUT2D eigenvalue weighted by atomic mass is 79.9. The number of hydrogen-bond donors (Lipinski definition) is 2. The van der Waals surface area contributed by atoms with Crippen LogP contribution in [0.25, 0.3) is 0 Å². The minimum atomic E-state index is -1.04. The zero-order chi connectivity index (χ0) is 13.7. The van der Waals surface area contributed by atoms with Gasteiger partial charge in [0.25, 0.3) is 0 Å². The number of benzene rings is 1. The predicted molar refractivity (Wildman–Crippen MR) is 69.9 cm³/mol. The van der Waals surface area contributed by atoms with E-state index in [0.717, 1.165) is 4.47 Å². The van der Waals surface area contributed by atoms with Gasteiger partial charge in [-0.15, -0.1) is 0 Å². The summed E-state index contributed by atoms with van der Waals surface area (Å²) in [6.45, 7) is 2.56. The van der Waals surface area contributed by atoms with Crippen molar-refractivity contribution >= 4 is 33.5 Å². The van der Waals surface area contributed by atoms with Crippen molar-refractivity contribution in [1.82, 2.24) is 10.6 Å². The molecule has 0 spiro atoms. The fourth-order valence-electron chi connectivity index (χ4n) is 1.35. The fraction of sp³-hybridized carbons (Fsp3) is 0.250.